The average molecular weight is 354 g/mol. The van der Waals surface area contributed by atoms with E-state index in [9.17, 15) is 4.79 Å². The number of carbonyl (C=O) groups excluding carboxylic acids is 1. The summed E-state index contributed by atoms with van der Waals surface area (Å²) in [5.74, 6) is 2.13. The smallest absolute Gasteiger partial charge is 0.274 e. The molecule has 0 radical (unpaired) electrons. The van der Waals surface area contributed by atoms with E-state index in [-0.39, 0.29) is 12.7 Å². The Kier molecular flexibility index (Phi) is 4.86. The van der Waals surface area contributed by atoms with E-state index < -0.39 is 0 Å². The number of likely N-dealkylation sites (tertiary alicyclic amines) is 1. The molecular formula is C19H22N4O3. The van der Waals surface area contributed by atoms with Crippen molar-refractivity contribution in [3.8, 4) is 11.5 Å². The maximum absolute atomic E-state index is 12.5. The number of amides is 1. The number of hydrogen-bond donors (Lipinski definition) is 1. The van der Waals surface area contributed by atoms with Crippen LogP contribution in [0.1, 0.15) is 41.7 Å². The lowest BCUT2D eigenvalue weighted by Gasteiger charge is -2.19. The van der Waals surface area contributed by atoms with E-state index in [0.717, 1.165) is 43.0 Å². The molecule has 1 aromatic heterocycles. The van der Waals surface area contributed by atoms with Crippen molar-refractivity contribution in [2.24, 2.45) is 0 Å². The molecule has 2 aliphatic heterocycles. The summed E-state index contributed by atoms with van der Waals surface area (Å²) in [4.78, 5) is 23.0. The summed E-state index contributed by atoms with van der Waals surface area (Å²) in [5.41, 5.74) is 1.46. The number of ether oxygens (including phenoxy) is 2. The minimum atomic E-state index is -0.0262. The van der Waals surface area contributed by atoms with Crippen molar-refractivity contribution in [2.45, 2.75) is 32.2 Å². The minimum Gasteiger partial charge on any atom is -0.454 e. The largest absolute Gasteiger partial charge is 0.454 e. The van der Waals surface area contributed by atoms with Crippen LogP contribution in [-0.2, 0) is 6.54 Å². The van der Waals surface area contributed by atoms with Gasteiger partial charge in [0.1, 0.15) is 11.5 Å². The molecule has 0 unspecified atom stereocenters. The Morgan fingerprint density at radius 3 is 2.62 bits per heavy atom. The van der Waals surface area contributed by atoms with E-state index in [1.54, 1.807) is 12.4 Å². The predicted octanol–water partition coefficient (Wildman–Crippen LogP) is 2.83. The molecule has 7 nitrogen and oxygen atoms in total. The molecule has 7 heteroatoms. The Labute approximate surface area is 152 Å². The van der Waals surface area contributed by atoms with E-state index in [1.807, 2.05) is 23.1 Å². The number of aromatic nitrogens is 2. The molecule has 0 saturated carbocycles. The lowest BCUT2D eigenvalue weighted by molar-refractivity contribution is 0.0755. The fourth-order valence-corrected chi connectivity index (χ4v) is 3.21. The molecule has 2 aromatic rings. The van der Waals surface area contributed by atoms with Gasteiger partial charge >= 0.3 is 0 Å². The molecule has 1 aromatic carbocycles. The van der Waals surface area contributed by atoms with Crippen LogP contribution in [0.15, 0.2) is 30.6 Å². The van der Waals surface area contributed by atoms with Crippen LogP contribution in [0.3, 0.4) is 0 Å². The standard InChI is InChI=1S/C19H22N4O3/c24-19(23-7-3-1-2-4-8-23)15-11-22-18(12-20-15)21-10-14-5-6-16-17(9-14)26-13-25-16/h5-6,9,11-12H,1-4,7-8,10,13H2,(H,21,22). The zero-order valence-electron chi connectivity index (χ0n) is 14.6. The Balaban J connectivity index is 1.36. The molecule has 0 spiro atoms. The molecule has 26 heavy (non-hydrogen) atoms. The van der Waals surface area contributed by atoms with Crippen LogP contribution in [0.25, 0.3) is 0 Å². The van der Waals surface area contributed by atoms with Crippen LogP contribution in [0.5, 0.6) is 11.5 Å². The molecule has 0 bridgehead atoms. The van der Waals surface area contributed by atoms with Gasteiger partial charge in [0, 0.05) is 19.6 Å². The van der Waals surface area contributed by atoms with Crippen LogP contribution >= 0.6 is 0 Å². The van der Waals surface area contributed by atoms with Crippen molar-refractivity contribution in [2.75, 3.05) is 25.2 Å². The molecule has 1 fully saturated rings. The summed E-state index contributed by atoms with van der Waals surface area (Å²) in [6, 6.07) is 5.82. The molecule has 136 valence electrons. The molecule has 4 rings (SSSR count). The van der Waals surface area contributed by atoms with Gasteiger partial charge in [0.15, 0.2) is 11.5 Å². The fraction of sp³-hybridized carbons (Fsp3) is 0.421. The lowest BCUT2D eigenvalue weighted by Crippen LogP contribution is -2.32. The first kappa shape index (κ1) is 16.6. The zero-order chi connectivity index (χ0) is 17.8. The predicted molar refractivity (Wildman–Crippen MR) is 96.3 cm³/mol. The number of nitrogens with zero attached hydrogens (tertiary/aromatic N) is 3. The third kappa shape index (κ3) is 3.71. The topological polar surface area (TPSA) is 76.6 Å². The van der Waals surface area contributed by atoms with Gasteiger partial charge in [0.2, 0.25) is 6.79 Å². The molecule has 1 N–H and O–H groups in total. The summed E-state index contributed by atoms with van der Waals surface area (Å²) < 4.78 is 10.7. The Hall–Kier alpha value is -2.83. The lowest BCUT2D eigenvalue weighted by atomic mass is 10.2. The van der Waals surface area contributed by atoms with Gasteiger partial charge in [-0.05, 0) is 30.5 Å². The second kappa shape index (κ2) is 7.59. The number of fused-ring (bicyclic) bond motifs is 1. The van der Waals surface area contributed by atoms with Gasteiger partial charge < -0.3 is 19.7 Å². The highest BCUT2D eigenvalue weighted by atomic mass is 16.7. The first-order valence-corrected chi connectivity index (χ1v) is 9.03. The van der Waals surface area contributed by atoms with Crippen LogP contribution in [0.2, 0.25) is 0 Å². The van der Waals surface area contributed by atoms with E-state index in [2.05, 4.69) is 15.3 Å². The monoisotopic (exact) mass is 354 g/mol. The quantitative estimate of drug-likeness (QED) is 0.910. The van der Waals surface area contributed by atoms with E-state index in [4.69, 9.17) is 9.47 Å². The first-order valence-electron chi connectivity index (χ1n) is 9.03. The number of benzene rings is 1. The summed E-state index contributed by atoms with van der Waals surface area (Å²) >= 11 is 0. The molecule has 1 amide bonds. The normalized spacial score (nSPS) is 16.2. The van der Waals surface area contributed by atoms with Crippen molar-refractivity contribution in [3.63, 3.8) is 0 Å². The van der Waals surface area contributed by atoms with Crippen molar-refractivity contribution in [3.05, 3.63) is 41.9 Å². The summed E-state index contributed by atoms with van der Waals surface area (Å²) in [7, 11) is 0. The highest BCUT2D eigenvalue weighted by molar-refractivity contribution is 5.92. The number of carbonyl (C=O) groups is 1. The SMILES string of the molecule is O=C(c1cnc(NCc2ccc3c(c2)OCO3)cn1)N1CCCCCC1. The minimum absolute atomic E-state index is 0.0262. The number of rotatable bonds is 4. The first-order chi connectivity index (χ1) is 12.8. The van der Waals surface area contributed by atoms with Crippen LogP contribution in [-0.4, -0.2) is 40.7 Å². The van der Waals surface area contributed by atoms with Gasteiger partial charge in [-0.1, -0.05) is 18.9 Å². The average Bonchev–Trinajstić information content (AvgIpc) is 2.98. The van der Waals surface area contributed by atoms with Crippen LogP contribution < -0.4 is 14.8 Å². The van der Waals surface area contributed by atoms with Gasteiger partial charge in [0.25, 0.3) is 5.91 Å². The molecule has 2 aliphatic rings. The molecule has 0 aliphatic carbocycles. The maximum atomic E-state index is 12.5. The second-order valence-electron chi connectivity index (χ2n) is 6.53. The molecule has 3 heterocycles. The zero-order valence-corrected chi connectivity index (χ0v) is 14.6. The van der Waals surface area contributed by atoms with Crippen molar-refractivity contribution < 1.29 is 14.3 Å². The number of nitrogens with one attached hydrogen (secondary N) is 1. The number of anilines is 1. The van der Waals surface area contributed by atoms with Gasteiger partial charge in [-0.15, -0.1) is 0 Å². The third-order valence-electron chi connectivity index (χ3n) is 4.67. The van der Waals surface area contributed by atoms with Gasteiger partial charge in [-0.25, -0.2) is 9.97 Å². The van der Waals surface area contributed by atoms with E-state index in [1.165, 1.54) is 12.8 Å². The van der Waals surface area contributed by atoms with Gasteiger partial charge in [-0.3, -0.25) is 4.79 Å². The van der Waals surface area contributed by atoms with Crippen molar-refractivity contribution in [1.29, 1.82) is 0 Å². The highest BCUT2D eigenvalue weighted by Gasteiger charge is 2.18. The molecular weight excluding hydrogens is 332 g/mol. The van der Waals surface area contributed by atoms with Crippen molar-refractivity contribution in [1.82, 2.24) is 14.9 Å². The third-order valence-corrected chi connectivity index (χ3v) is 4.67. The molecule has 0 atom stereocenters. The Bertz CT molecular complexity index is 771. The Morgan fingerprint density at radius 2 is 1.85 bits per heavy atom. The van der Waals surface area contributed by atoms with Crippen molar-refractivity contribution >= 4 is 11.7 Å². The Morgan fingerprint density at radius 1 is 1.04 bits per heavy atom. The highest BCUT2D eigenvalue weighted by Crippen LogP contribution is 2.32. The summed E-state index contributed by atoms with van der Waals surface area (Å²) in [6.45, 7) is 2.48. The van der Waals surface area contributed by atoms with E-state index in [0.29, 0.717) is 18.1 Å². The summed E-state index contributed by atoms with van der Waals surface area (Å²) in [6.07, 6.45) is 7.67. The van der Waals surface area contributed by atoms with Crippen LogP contribution in [0, 0.1) is 0 Å². The van der Waals surface area contributed by atoms with E-state index >= 15 is 0 Å². The second-order valence-corrected chi connectivity index (χ2v) is 6.53. The number of hydrogen-bond acceptors (Lipinski definition) is 6. The fourth-order valence-electron chi connectivity index (χ4n) is 3.21. The van der Waals surface area contributed by atoms with Gasteiger partial charge in [-0.2, -0.15) is 0 Å². The van der Waals surface area contributed by atoms with Gasteiger partial charge in [0.05, 0.1) is 12.4 Å². The van der Waals surface area contributed by atoms with Crippen LogP contribution in [0.4, 0.5) is 5.82 Å². The summed E-state index contributed by atoms with van der Waals surface area (Å²) in [5, 5.41) is 3.21. The maximum Gasteiger partial charge on any atom is 0.274 e. The molecule has 1 saturated heterocycles.